The second kappa shape index (κ2) is 11.9. The summed E-state index contributed by atoms with van der Waals surface area (Å²) in [6.07, 6.45) is 8.84. The van der Waals surface area contributed by atoms with Gasteiger partial charge in [-0.3, -0.25) is 0 Å². The third kappa shape index (κ3) is 5.76. The third-order valence-electron chi connectivity index (χ3n) is 7.07. The standard InChI is InChI=1S/C19H20N2Si.C14H11B/c1-3-7-16(8-4-1)19(22-18-11-12-18,21-14-13-20-15-21)17-9-5-2-6-10-17;15-11-14(12-7-3-1-4-8-12)13-9-5-2-6-10-13/h1-10,13-15,18H,11-12,22H2;1-11H. The van der Waals surface area contributed by atoms with Crippen molar-refractivity contribution >= 4 is 22.9 Å². The van der Waals surface area contributed by atoms with E-state index in [1.165, 1.54) is 24.0 Å². The highest BCUT2D eigenvalue weighted by Crippen LogP contribution is 2.44. The molecule has 1 aromatic heterocycles. The van der Waals surface area contributed by atoms with Gasteiger partial charge < -0.3 is 4.57 Å². The molecule has 0 unspecified atom stereocenters. The average molecular weight is 495 g/mol. The Morgan fingerprint density at radius 1 is 0.730 bits per heavy atom. The highest BCUT2D eigenvalue weighted by atomic mass is 28.2. The zero-order chi connectivity index (χ0) is 25.3. The SMILES string of the molecule is [B]C=C(c1ccccc1)c1ccccc1.c1ccc(C([SiH2]C2CC2)(c2ccccc2)n2ccnc2)cc1. The number of rotatable bonds is 7. The molecule has 0 N–H and O–H groups in total. The lowest BCUT2D eigenvalue weighted by molar-refractivity contribution is 0.590. The zero-order valence-electron chi connectivity index (χ0n) is 21.0. The van der Waals surface area contributed by atoms with E-state index in [9.17, 15) is 0 Å². The molecule has 0 saturated heterocycles. The van der Waals surface area contributed by atoms with E-state index >= 15 is 0 Å². The van der Waals surface area contributed by atoms with Gasteiger partial charge in [-0.05, 0) is 33.4 Å². The molecular weight excluding hydrogens is 463 g/mol. The van der Waals surface area contributed by atoms with Crippen LogP contribution in [0, 0.1) is 0 Å². The highest BCUT2D eigenvalue weighted by molar-refractivity contribution is 6.44. The molecule has 4 heteroatoms. The Hall–Kier alpha value is -3.89. The van der Waals surface area contributed by atoms with Gasteiger partial charge >= 0.3 is 0 Å². The lowest BCUT2D eigenvalue weighted by Crippen LogP contribution is -2.41. The largest absolute Gasteiger partial charge is 0.327 e. The number of hydrogen-bond acceptors (Lipinski definition) is 1. The summed E-state index contributed by atoms with van der Waals surface area (Å²) in [5.41, 5.74) is 7.10. The maximum atomic E-state index is 5.67. The van der Waals surface area contributed by atoms with Crippen LogP contribution in [0.2, 0.25) is 5.54 Å². The van der Waals surface area contributed by atoms with E-state index in [1.54, 1.807) is 5.98 Å². The fourth-order valence-electron chi connectivity index (χ4n) is 5.05. The van der Waals surface area contributed by atoms with Crippen LogP contribution >= 0.6 is 0 Å². The molecule has 2 nitrogen and oxygen atoms in total. The Balaban J connectivity index is 0.000000164. The lowest BCUT2D eigenvalue weighted by atomic mass is 9.92. The molecule has 1 aliphatic rings. The van der Waals surface area contributed by atoms with Crippen LogP contribution in [0.15, 0.2) is 146 Å². The predicted octanol–water partition coefficient (Wildman–Crippen LogP) is 6.63. The van der Waals surface area contributed by atoms with Gasteiger partial charge in [0.1, 0.15) is 7.85 Å². The van der Waals surface area contributed by atoms with Crippen LogP contribution in [0.4, 0.5) is 0 Å². The van der Waals surface area contributed by atoms with E-state index in [0.29, 0.717) is 0 Å². The molecule has 0 atom stereocenters. The van der Waals surface area contributed by atoms with Crippen molar-refractivity contribution in [3.63, 3.8) is 0 Å². The van der Waals surface area contributed by atoms with Crippen molar-refractivity contribution < 1.29 is 0 Å². The molecule has 1 aliphatic carbocycles. The lowest BCUT2D eigenvalue weighted by Gasteiger charge is -2.37. The Kier molecular flexibility index (Phi) is 7.97. The Bertz CT molecular complexity index is 1300. The number of benzene rings is 4. The fourth-order valence-corrected chi connectivity index (χ4v) is 7.87. The summed E-state index contributed by atoms with van der Waals surface area (Å²) >= 11 is 0. The van der Waals surface area contributed by atoms with Gasteiger partial charge in [0.15, 0.2) is 0 Å². The van der Waals surface area contributed by atoms with Crippen molar-refractivity contribution in [2.75, 3.05) is 0 Å². The van der Waals surface area contributed by atoms with E-state index in [-0.39, 0.29) is 14.7 Å². The first-order valence-electron chi connectivity index (χ1n) is 12.9. The molecule has 5 aromatic rings. The van der Waals surface area contributed by atoms with Crippen LogP contribution in [-0.4, -0.2) is 26.9 Å². The van der Waals surface area contributed by atoms with Gasteiger partial charge in [0, 0.05) is 12.4 Å². The number of nitrogens with zero attached hydrogens (tertiary/aromatic N) is 2. The molecule has 0 spiro atoms. The summed E-state index contributed by atoms with van der Waals surface area (Å²) in [5, 5.41) is -0.0137. The Morgan fingerprint density at radius 3 is 1.57 bits per heavy atom. The normalized spacial score (nSPS) is 13.1. The second-order valence-corrected chi connectivity index (χ2v) is 12.1. The molecule has 1 saturated carbocycles. The second-order valence-electron chi connectivity index (χ2n) is 9.52. The van der Waals surface area contributed by atoms with Gasteiger partial charge in [0.25, 0.3) is 0 Å². The number of aromatic nitrogens is 2. The van der Waals surface area contributed by atoms with Crippen molar-refractivity contribution in [2.45, 2.75) is 23.5 Å². The minimum Gasteiger partial charge on any atom is -0.327 e. The van der Waals surface area contributed by atoms with Crippen molar-refractivity contribution in [2.24, 2.45) is 0 Å². The first-order valence-corrected chi connectivity index (χ1v) is 14.5. The summed E-state index contributed by atoms with van der Waals surface area (Å²) in [6.45, 7) is 0. The topological polar surface area (TPSA) is 17.8 Å². The van der Waals surface area contributed by atoms with Crippen LogP contribution in [0.5, 0.6) is 0 Å². The maximum absolute atomic E-state index is 5.67. The molecule has 0 bridgehead atoms. The van der Waals surface area contributed by atoms with E-state index in [4.69, 9.17) is 7.85 Å². The van der Waals surface area contributed by atoms with E-state index in [2.05, 4.69) is 101 Å². The summed E-state index contributed by atoms with van der Waals surface area (Å²) in [6, 6.07) is 42.3. The van der Waals surface area contributed by atoms with Crippen molar-refractivity contribution in [1.82, 2.24) is 9.55 Å². The van der Waals surface area contributed by atoms with Gasteiger partial charge in [0.05, 0.1) is 21.0 Å². The van der Waals surface area contributed by atoms with Gasteiger partial charge in [-0.1, -0.05) is 134 Å². The molecule has 37 heavy (non-hydrogen) atoms. The average Bonchev–Trinajstić information content (AvgIpc) is 3.63. The predicted molar refractivity (Wildman–Crippen MR) is 159 cm³/mol. The molecule has 1 fully saturated rings. The first-order chi connectivity index (χ1) is 18.3. The van der Waals surface area contributed by atoms with Gasteiger partial charge in [0.2, 0.25) is 0 Å². The molecular formula is C33H31BN2Si. The summed E-state index contributed by atoms with van der Waals surface area (Å²) < 4.78 is 2.35. The molecule has 1 heterocycles. The smallest absolute Gasteiger partial charge is 0.103 e. The molecule has 180 valence electrons. The van der Waals surface area contributed by atoms with Crippen LogP contribution in [0.1, 0.15) is 35.1 Å². The van der Waals surface area contributed by atoms with Crippen LogP contribution in [0.25, 0.3) is 5.57 Å². The van der Waals surface area contributed by atoms with Crippen molar-refractivity contribution in [3.05, 3.63) is 168 Å². The van der Waals surface area contributed by atoms with Gasteiger partial charge in [-0.2, -0.15) is 0 Å². The van der Waals surface area contributed by atoms with E-state index < -0.39 is 0 Å². The summed E-state index contributed by atoms with van der Waals surface area (Å²) in [4.78, 5) is 4.35. The molecule has 0 aliphatic heterocycles. The third-order valence-corrected chi connectivity index (χ3v) is 10.2. The highest BCUT2D eigenvalue weighted by Gasteiger charge is 2.41. The Labute approximate surface area is 224 Å². The molecule has 4 aromatic carbocycles. The fraction of sp³-hybridized carbons (Fsp3) is 0.121. The molecule has 2 radical (unpaired) electrons. The quantitative estimate of drug-likeness (QED) is 0.232. The van der Waals surface area contributed by atoms with Crippen molar-refractivity contribution in [1.29, 1.82) is 0 Å². The first kappa shape index (κ1) is 24.8. The summed E-state index contributed by atoms with van der Waals surface area (Å²) in [7, 11) is 5.30. The number of imidazole rings is 1. The van der Waals surface area contributed by atoms with Gasteiger partial charge in [-0.15, -0.1) is 5.98 Å². The number of hydrogen-bond donors (Lipinski definition) is 0. The summed E-state index contributed by atoms with van der Waals surface area (Å²) in [5.74, 6) is 1.66. The maximum Gasteiger partial charge on any atom is 0.103 e. The minimum absolute atomic E-state index is 0.0137. The zero-order valence-corrected chi connectivity index (χ0v) is 22.4. The van der Waals surface area contributed by atoms with Crippen LogP contribution in [-0.2, 0) is 5.16 Å². The Morgan fingerprint density at radius 2 is 1.19 bits per heavy atom. The minimum atomic E-state index is -0.378. The molecule has 0 amide bonds. The molecule has 6 rings (SSSR count). The van der Waals surface area contributed by atoms with E-state index in [0.717, 1.165) is 22.2 Å². The monoisotopic (exact) mass is 494 g/mol. The van der Waals surface area contributed by atoms with Crippen molar-refractivity contribution in [3.8, 4) is 0 Å². The van der Waals surface area contributed by atoms with Crippen LogP contribution in [0.3, 0.4) is 0 Å². The van der Waals surface area contributed by atoms with E-state index in [1.807, 2.05) is 48.9 Å². The van der Waals surface area contributed by atoms with Gasteiger partial charge in [-0.25, -0.2) is 4.98 Å². The van der Waals surface area contributed by atoms with Crippen LogP contribution < -0.4 is 0 Å².